The van der Waals surface area contributed by atoms with Gasteiger partial charge in [0, 0.05) is 51.8 Å². The van der Waals surface area contributed by atoms with Gasteiger partial charge in [0.1, 0.15) is 26.8 Å². The molecule has 1 fully saturated rings. The van der Waals surface area contributed by atoms with Crippen molar-refractivity contribution in [2.45, 2.75) is 25.2 Å². The summed E-state index contributed by atoms with van der Waals surface area (Å²) in [4.78, 5) is 31.9. The molecule has 5 aromatic rings. The van der Waals surface area contributed by atoms with Crippen LogP contribution in [0.25, 0.3) is 10.1 Å². The minimum absolute atomic E-state index is 0.0347. The number of anilines is 2. The fourth-order valence-corrected chi connectivity index (χ4v) is 9.80. The molecule has 0 N–H and O–H groups in total. The summed E-state index contributed by atoms with van der Waals surface area (Å²) in [7, 11) is 0. The lowest BCUT2D eigenvalue weighted by molar-refractivity contribution is 0.0531. The summed E-state index contributed by atoms with van der Waals surface area (Å²) in [6, 6.07) is 23.4. The summed E-state index contributed by atoms with van der Waals surface area (Å²) in [5, 5.41) is 3.48. The average molecular weight is 771 g/mol. The van der Waals surface area contributed by atoms with Crippen molar-refractivity contribution in [3.63, 3.8) is 0 Å². The number of carbonyl (C=O) groups excluding carboxylic acids is 2. The molecule has 1 aliphatic rings. The van der Waals surface area contributed by atoms with E-state index in [-0.39, 0.29) is 11.9 Å². The van der Waals surface area contributed by atoms with Crippen LogP contribution < -0.4 is 9.21 Å². The molecule has 3 aromatic carbocycles. The Morgan fingerprint density at radius 2 is 1.77 bits per heavy atom. The van der Waals surface area contributed by atoms with Crippen LogP contribution in [0.1, 0.15) is 37.4 Å². The van der Waals surface area contributed by atoms with Crippen molar-refractivity contribution >= 4 is 94.9 Å². The van der Waals surface area contributed by atoms with Gasteiger partial charge in [-0.2, -0.15) is 4.31 Å². The van der Waals surface area contributed by atoms with Crippen LogP contribution in [0, 0.1) is 6.92 Å². The highest BCUT2D eigenvalue weighted by Gasteiger charge is 2.31. The summed E-state index contributed by atoms with van der Waals surface area (Å²) in [5.41, 5.74) is 3.60. The highest BCUT2D eigenvalue weighted by atomic mass is 79.9. The molecule has 0 spiro atoms. The number of esters is 1. The first-order valence-electron chi connectivity index (χ1n) is 15.3. The summed E-state index contributed by atoms with van der Waals surface area (Å²) in [5.74, 6) is -0.304. The highest BCUT2D eigenvalue weighted by Crippen LogP contribution is 2.38. The van der Waals surface area contributed by atoms with Crippen LogP contribution in [0.2, 0.25) is 5.02 Å². The van der Waals surface area contributed by atoms with Crippen LogP contribution in [-0.2, 0) is 22.5 Å². The highest BCUT2D eigenvalue weighted by molar-refractivity contribution is 9.10. The molecule has 1 saturated heterocycles. The Kier molecular flexibility index (Phi) is 10.8. The van der Waals surface area contributed by atoms with Crippen molar-refractivity contribution in [2.75, 3.05) is 48.5 Å². The van der Waals surface area contributed by atoms with Gasteiger partial charge in [-0.05, 0) is 89.1 Å². The maximum Gasteiger partial charge on any atom is 0.348 e. The zero-order valence-electron chi connectivity index (χ0n) is 25.9. The Morgan fingerprint density at radius 3 is 2.49 bits per heavy atom. The van der Waals surface area contributed by atoms with Crippen molar-refractivity contribution < 1.29 is 18.9 Å². The predicted molar refractivity (Wildman–Crippen MR) is 198 cm³/mol. The minimum Gasteiger partial charge on any atom is -0.588 e. The van der Waals surface area contributed by atoms with E-state index in [1.54, 1.807) is 6.92 Å². The SMILES string of the molecule is CCOC(=O)c1sc2ccc([S+]([O-])N(CCc3ccccc3Cl)c3ccccc3N3CCN(C(=O)c4sccc4Br)CC3)cc2c1C. The first-order chi connectivity index (χ1) is 22.8. The normalized spacial score (nSPS) is 14.0. The fourth-order valence-electron chi connectivity index (χ4n) is 5.73. The molecule has 1 unspecified atom stereocenters. The molecule has 0 aliphatic carbocycles. The lowest BCUT2D eigenvalue weighted by Crippen LogP contribution is -2.49. The lowest BCUT2D eigenvalue weighted by Gasteiger charge is -2.38. The van der Waals surface area contributed by atoms with E-state index >= 15 is 0 Å². The van der Waals surface area contributed by atoms with Gasteiger partial charge in [0.15, 0.2) is 4.90 Å². The van der Waals surface area contributed by atoms with Gasteiger partial charge in [0.25, 0.3) is 5.91 Å². The topological polar surface area (TPSA) is 76.2 Å². The molecule has 1 aliphatic heterocycles. The van der Waals surface area contributed by atoms with E-state index in [9.17, 15) is 14.1 Å². The molecular formula is C35H33BrClN3O4S3. The van der Waals surface area contributed by atoms with E-state index in [1.807, 2.05) is 88.2 Å². The van der Waals surface area contributed by atoms with Crippen LogP contribution in [0.3, 0.4) is 0 Å². The van der Waals surface area contributed by atoms with Gasteiger partial charge >= 0.3 is 5.97 Å². The van der Waals surface area contributed by atoms with Crippen molar-refractivity contribution in [1.82, 2.24) is 4.90 Å². The number of halogens is 2. The van der Waals surface area contributed by atoms with Crippen molar-refractivity contribution in [3.05, 3.63) is 109 Å². The number of hydrogen-bond acceptors (Lipinski definition) is 8. The fraction of sp³-hybridized carbons (Fsp3) is 0.257. The quantitative estimate of drug-likeness (QED) is 0.105. The Balaban J connectivity index is 1.31. The second-order valence-corrected chi connectivity index (χ2v) is 15.6. The summed E-state index contributed by atoms with van der Waals surface area (Å²) in [6.07, 6.45) is 0.588. The third-order valence-electron chi connectivity index (χ3n) is 8.18. The number of amides is 1. The maximum absolute atomic E-state index is 14.6. The van der Waals surface area contributed by atoms with E-state index in [0.717, 1.165) is 37.1 Å². The molecule has 3 heterocycles. The number of ether oxygens (including phenoxy) is 1. The molecule has 0 radical (unpaired) electrons. The van der Waals surface area contributed by atoms with Crippen molar-refractivity contribution in [1.29, 1.82) is 0 Å². The van der Waals surface area contributed by atoms with E-state index in [1.165, 1.54) is 22.7 Å². The monoisotopic (exact) mass is 769 g/mol. The molecular weight excluding hydrogens is 738 g/mol. The third-order valence-corrected chi connectivity index (χ3v) is 13.1. The van der Waals surface area contributed by atoms with E-state index in [2.05, 4.69) is 26.9 Å². The van der Waals surface area contributed by atoms with Gasteiger partial charge in [0.05, 0.1) is 18.8 Å². The smallest absolute Gasteiger partial charge is 0.348 e. The Bertz CT molecular complexity index is 1910. The number of fused-ring (bicyclic) bond motifs is 1. The molecule has 7 nitrogen and oxygen atoms in total. The number of benzene rings is 3. The Hall–Kier alpha value is -3.06. The Labute approximate surface area is 299 Å². The minimum atomic E-state index is -1.59. The summed E-state index contributed by atoms with van der Waals surface area (Å²) < 4.78 is 23.6. The summed E-state index contributed by atoms with van der Waals surface area (Å²) in [6.45, 7) is 6.91. The van der Waals surface area contributed by atoms with Gasteiger partial charge in [-0.25, -0.2) is 4.79 Å². The number of carbonyl (C=O) groups is 2. The standard InChI is InChI=1S/C35H33BrClN3O4S3/c1-3-44-35(42)32-23(2)26-22-25(12-13-31(26)46-32)47(43)40(16-14-24-8-4-5-9-28(24)37)30-11-7-6-10-29(30)38-17-19-39(20-18-38)34(41)33-27(36)15-21-45-33/h4-13,15,21-22H,3,14,16-20H2,1-2H3. The van der Waals surface area contributed by atoms with E-state index in [4.69, 9.17) is 16.3 Å². The Morgan fingerprint density at radius 1 is 1.02 bits per heavy atom. The number of para-hydroxylation sites is 2. The van der Waals surface area contributed by atoms with Crippen molar-refractivity contribution in [2.24, 2.45) is 0 Å². The average Bonchev–Trinajstić information content (AvgIpc) is 3.67. The van der Waals surface area contributed by atoms with Gasteiger partial charge in [0.2, 0.25) is 0 Å². The van der Waals surface area contributed by atoms with Crippen LogP contribution in [-0.4, -0.2) is 60.7 Å². The molecule has 12 heteroatoms. The number of nitrogens with zero attached hydrogens (tertiary/aromatic N) is 3. The number of thiophene rings is 2. The van der Waals surface area contributed by atoms with Gasteiger partial charge in [-0.3, -0.25) is 4.79 Å². The molecule has 0 saturated carbocycles. The first-order valence-corrected chi connectivity index (χ1v) is 19.2. The zero-order chi connectivity index (χ0) is 33.1. The van der Waals surface area contributed by atoms with Crippen LogP contribution in [0.4, 0.5) is 11.4 Å². The predicted octanol–water partition coefficient (Wildman–Crippen LogP) is 8.60. The maximum atomic E-state index is 14.6. The third kappa shape index (κ3) is 7.21. The van der Waals surface area contributed by atoms with E-state index < -0.39 is 11.4 Å². The molecule has 2 aromatic heterocycles. The molecule has 47 heavy (non-hydrogen) atoms. The van der Waals surface area contributed by atoms with Crippen LogP contribution in [0.15, 0.2) is 87.5 Å². The second-order valence-electron chi connectivity index (χ2n) is 11.0. The molecule has 1 amide bonds. The molecule has 0 bridgehead atoms. The number of aryl methyl sites for hydroxylation is 1. The number of piperazine rings is 1. The lowest BCUT2D eigenvalue weighted by atomic mass is 10.1. The number of rotatable bonds is 10. The zero-order valence-corrected chi connectivity index (χ0v) is 30.7. The van der Waals surface area contributed by atoms with Gasteiger partial charge in [-0.1, -0.05) is 41.9 Å². The number of hydrogen-bond donors (Lipinski definition) is 0. The van der Waals surface area contributed by atoms with Gasteiger partial charge in [-0.15, -0.1) is 22.7 Å². The van der Waals surface area contributed by atoms with Crippen molar-refractivity contribution in [3.8, 4) is 0 Å². The molecule has 1 atom stereocenters. The largest absolute Gasteiger partial charge is 0.588 e. The van der Waals surface area contributed by atoms with E-state index in [0.29, 0.717) is 65.4 Å². The van der Waals surface area contributed by atoms with Crippen LogP contribution in [0.5, 0.6) is 0 Å². The molecule has 6 rings (SSSR count). The second kappa shape index (κ2) is 15.0. The van der Waals surface area contributed by atoms with Crippen LogP contribution >= 0.6 is 50.2 Å². The summed E-state index contributed by atoms with van der Waals surface area (Å²) >= 11 is 11.3. The van der Waals surface area contributed by atoms with Gasteiger partial charge < -0.3 is 19.1 Å². The molecule has 244 valence electrons. The first kappa shape index (κ1) is 33.8.